The standard InChI is InChI=1S/C15H17Cl2N5/c16-11-6-12(17)8-13(7-11)22-15(19)21(14(18)20-22)9-10-4-2-1-3-5-10/h1-8,14-15,20H,9,18-19H2. The average Bonchev–Trinajstić information content (AvgIpc) is 2.75. The van der Waals surface area contributed by atoms with Crippen molar-refractivity contribution in [1.29, 1.82) is 0 Å². The first-order valence-corrected chi connectivity index (χ1v) is 7.62. The van der Waals surface area contributed by atoms with Crippen LogP contribution in [0.4, 0.5) is 5.69 Å². The second-order valence-electron chi connectivity index (χ2n) is 5.14. The fourth-order valence-electron chi connectivity index (χ4n) is 2.50. The predicted molar refractivity (Wildman–Crippen MR) is 90.0 cm³/mol. The second kappa shape index (κ2) is 6.42. The van der Waals surface area contributed by atoms with E-state index in [-0.39, 0.29) is 0 Å². The Balaban J connectivity index is 1.81. The fraction of sp³-hybridized carbons (Fsp3) is 0.200. The highest BCUT2D eigenvalue weighted by Gasteiger charge is 2.35. The number of benzene rings is 2. The van der Waals surface area contributed by atoms with Crippen molar-refractivity contribution in [2.45, 2.75) is 19.1 Å². The van der Waals surface area contributed by atoms with Gasteiger partial charge in [-0.15, -0.1) is 0 Å². The molecule has 116 valence electrons. The molecule has 1 heterocycles. The van der Waals surface area contributed by atoms with E-state index in [0.717, 1.165) is 11.3 Å². The molecule has 3 rings (SSSR count). The van der Waals surface area contributed by atoms with Gasteiger partial charge in [0.1, 0.15) is 6.29 Å². The van der Waals surface area contributed by atoms with Gasteiger partial charge < -0.3 is 5.73 Å². The maximum Gasteiger partial charge on any atom is 0.152 e. The van der Waals surface area contributed by atoms with Crippen LogP contribution in [-0.4, -0.2) is 17.5 Å². The van der Waals surface area contributed by atoms with Gasteiger partial charge in [-0.3, -0.25) is 10.7 Å². The molecule has 2 atom stereocenters. The summed E-state index contributed by atoms with van der Waals surface area (Å²) in [5, 5.41) is 2.86. The molecule has 2 aromatic rings. The van der Waals surface area contributed by atoms with Crippen molar-refractivity contribution in [2.24, 2.45) is 11.5 Å². The number of hydrogen-bond donors (Lipinski definition) is 3. The number of nitrogens with zero attached hydrogens (tertiary/aromatic N) is 2. The minimum Gasteiger partial charge on any atom is -0.302 e. The number of hydrazine groups is 1. The second-order valence-corrected chi connectivity index (χ2v) is 6.02. The maximum atomic E-state index is 6.32. The van der Waals surface area contributed by atoms with E-state index < -0.39 is 12.6 Å². The highest BCUT2D eigenvalue weighted by molar-refractivity contribution is 6.35. The van der Waals surface area contributed by atoms with Crippen molar-refractivity contribution in [3.05, 3.63) is 64.1 Å². The van der Waals surface area contributed by atoms with Gasteiger partial charge in [-0.1, -0.05) is 53.5 Å². The number of nitrogens with one attached hydrogen (secondary N) is 1. The first kappa shape index (κ1) is 15.6. The first-order valence-electron chi connectivity index (χ1n) is 6.87. The van der Waals surface area contributed by atoms with Crippen LogP contribution in [0.15, 0.2) is 48.5 Å². The van der Waals surface area contributed by atoms with E-state index in [2.05, 4.69) is 5.43 Å². The van der Waals surface area contributed by atoms with Gasteiger partial charge in [0.05, 0.1) is 5.69 Å². The van der Waals surface area contributed by atoms with Crippen molar-refractivity contribution in [2.75, 3.05) is 5.01 Å². The number of anilines is 1. The Morgan fingerprint density at radius 3 is 2.27 bits per heavy atom. The summed E-state index contributed by atoms with van der Waals surface area (Å²) in [6.07, 6.45) is -0.822. The van der Waals surface area contributed by atoms with Gasteiger partial charge in [0.2, 0.25) is 0 Å². The molecule has 0 spiro atoms. The maximum absolute atomic E-state index is 6.32. The molecule has 2 aromatic carbocycles. The molecule has 22 heavy (non-hydrogen) atoms. The Hall–Kier alpha value is -1.34. The van der Waals surface area contributed by atoms with Crippen LogP contribution in [0.3, 0.4) is 0 Å². The summed E-state index contributed by atoms with van der Waals surface area (Å²) < 4.78 is 0. The molecule has 7 heteroatoms. The fourth-order valence-corrected chi connectivity index (χ4v) is 3.01. The molecule has 0 aliphatic carbocycles. The van der Waals surface area contributed by atoms with Crippen LogP contribution in [0, 0.1) is 0 Å². The zero-order valence-corrected chi connectivity index (χ0v) is 13.3. The van der Waals surface area contributed by atoms with Crippen LogP contribution in [0.25, 0.3) is 0 Å². The molecule has 1 fully saturated rings. The monoisotopic (exact) mass is 337 g/mol. The largest absolute Gasteiger partial charge is 0.302 e. The van der Waals surface area contributed by atoms with Crippen molar-refractivity contribution in [3.8, 4) is 0 Å². The molecular formula is C15H17Cl2N5. The smallest absolute Gasteiger partial charge is 0.152 e. The summed E-state index contributed by atoms with van der Waals surface area (Å²) in [7, 11) is 0. The van der Waals surface area contributed by atoms with E-state index in [4.69, 9.17) is 34.7 Å². The SMILES string of the molecule is NC1NN(c2cc(Cl)cc(Cl)c2)C(N)N1Cc1ccccc1. The molecule has 0 radical (unpaired) electrons. The Morgan fingerprint density at radius 2 is 1.64 bits per heavy atom. The topological polar surface area (TPSA) is 70.5 Å². The highest BCUT2D eigenvalue weighted by Crippen LogP contribution is 2.28. The van der Waals surface area contributed by atoms with Crippen LogP contribution in [0.1, 0.15) is 5.56 Å². The van der Waals surface area contributed by atoms with E-state index in [9.17, 15) is 0 Å². The predicted octanol–water partition coefficient (Wildman–Crippen LogP) is 2.30. The van der Waals surface area contributed by atoms with Crippen LogP contribution >= 0.6 is 23.2 Å². The van der Waals surface area contributed by atoms with Gasteiger partial charge >= 0.3 is 0 Å². The van der Waals surface area contributed by atoms with E-state index in [1.165, 1.54) is 0 Å². The summed E-state index contributed by atoms with van der Waals surface area (Å²) in [5.41, 5.74) is 17.5. The third-order valence-electron chi connectivity index (χ3n) is 3.57. The molecule has 0 aromatic heterocycles. The number of nitrogens with two attached hydrogens (primary N) is 2. The third kappa shape index (κ3) is 3.20. The molecule has 5 nitrogen and oxygen atoms in total. The lowest BCUT2D eigenvalue weighted by molar-refractivity contribution is 0.184. The summed E-state index contributed by atoms with van der Waals surface area (Å²) in [4.78, 5) is 1.95. The van der Waals surface area contributed by atoms with Crippen LogP contribution < -0.4 is 21.9 Å². The van der Waals surface area contributed by atoms with Gasteiger partial charge in [0, 0.05) is 16.6 Å². The summed E-state index contributed by atoms with van der Waals surface area (Å²) in [6, 6.07) is 15.3. The lowest BCUT2D eigenvalue weighted by atomic mass is 10.2. The molecule has 0 bridgehead atoms. The van der Waals surface area contributed by atoms with Gasteiger partial charge in [0.25, 0.3) is 0 Å². The number of hydrogen-bond acceptors (Lipinski definition) is 5. The van der Waals surface area contributed by atoms with Crippen molar-refractivity contribution >= 4 is 28.9 Å². The van der Waals surface area contributed by atoms with Crippen molar-refractivity contribution in [1.82, 2.24) is 10.3 Å². The Kier molecular flexibility index (Phi) is 4.54. The van der Waals surface area contributed by atoms with Crippen molar-refractivity contribution in [3.63, 3.8) is 0 Å². The molecule has 1 saturated heterocycles. The minimum atomic E-state index is -0.426. The quantitative estimate of drug-likeness (QED) is 0.801. The van der Waals surface area contributed by atoms with Gasteiger partial charge in [-0.25, -0.2) is 10.3 Å². The molecule has 0 amide bonds. The molecule has 0 saturated carbocycles. The van der Waals surface area contributed by atoms with Crippen LogP contribution in [0.2, 0.25) is 10.0 Å². The van der Waals surface area contributed by atoms with E-state index in [0.29, 0.717) is 16.6 Å². The lowest BCUT2D eigenvalue weighted by Crippen LogP contribution is -2.48. The van der Waals surface area contributed by atoms with Crippen molar-refractivity contribution < 1.29 is 0 Å². The van der Waals surface area contributed by atoms with Gasteiger partial charge in [0.15, 0.2) is 6.29 Å². The lowest BCUT2D eigenvalue weighted by Gasteiger charge is -2.27. The zero-order chi connectivity index (χ0) is 15.7. The highest BCUT2D eigenvalue weighted by atomic mass is 35.5. The minimum absolute atomic E-state index is 0.395. The van der Waals surface area contributed by atoms with E-state index in [1.807, 2.05) is 35.2 Å². The molecule has 5 N–H and O–H groups in total. The van der Waals surface area contributed by atoms with Crippen LogP contribution in [-0.2, 0) is 6.54 Å². The normalized spacial score (nSPS) is 22.3. The summed E-state index contributed by atoms with van der Waals surface area (Å²) >= 11 is 12.1. The molecule has 1 aliphatic heterocycles. The average molecular weight is 338 g/mol. The summed E-state index contributed by atoms with van der Waals surface area (Å²) in [5.74, 6) is 0. The Labute approximate surface area is 139 Å². The molecule has 2 unspecified atom stereocenters. The number of halogens is 2. The Morgan fingerprint density at radius 1 is 1.00 bits per heavy atom. The summed E-state index contributed by atoms with van der Waals surface area (Å²) in [6.45, 7) is 0.640. The molecule has 1 aliphatic rings. The Bertz CT molecular complexity index is 631. The van der Waals surface area contributed by atoms with Gasteiger partial charge in [-0.05, 0) is 23.8 Å². The third-order valence-corrected chi connectivity index (χ3v) is 4.00. The zero-order valence-electron chi connectivity index (χ0n) is 11.8. The van der Waals surface area contributed by atoms with Crippen LogP contribution in [0.5, 0.6) is 0 Å². The number of rotatable bonds is 3. The first-order chi connectivity index (χ1) is 10.5. The van der Waals surface area contributed by atoms with E-state index >= 15 is 0 Å². The van der Waals surface area contributed by atoms with E-state index in [1.54, 1.807) is 23.2 Å². The molecular weight excluding hydrogens is 321 g/mol. The van der Waals surface area contributed by atoms with Gasteiger partial charge in [-0.2, -0.15) is 0 Å².